The number of aryl methyl sites for hydroxylation is 2. The van der Waals surface area contributed by atoms with E-state index in [1.165, 1.54) is 0 Å². The lowest BCUT2D eigenvalue weighted by Gasteiger charge is -2.19. The smallest absolute Gasteiger partial charge is 0.299 e. The molecule has 1 aliphatic rings. The average molecular weight is 274 g/mol. The highest BCUT2D eigenvalue weighted by atomic mass is 16.2. The van der Waals surface area contributed by atoms with E-state index >= 15 is 0 Å². The minimum absolute atomic E-state index is 0.359. The van der Waals surface area contributed by atoms with Gasteiger partial charge in [-0.3, -0.25) is 9.59 Å². The molecule has 0 bridgehead atoms. The van der Waals surface area contributed by atoms with Crippen molar-refractivity contribution in [1.29, 1.82) is 0 Å². The van der Waals surface area contributed by atoms with Crippen molar-refractivity contribution >= 4 is 17.4 Å². The standard InChI is InChI=1S/C16H22N2O2/c1-4-8-17-9-5-10-18-14-12(3)7-6-11(2)13(14)15(19)16(18)20/h6-7,17H,4-5,8-10H2,1-3H3. The maximum atomic E-state index is 12.1. The average Bonchev–Trinajstić information content (AvgIpc) is 2.68. The second-order valence-electron chi connectivity index (χ2n) is 5.31. The number of hydrogen-bond donors (Lipinski definition) is 1. The Kier molecular flexibility index (Phi) is 4.55. The highest BCUT2D eigenvalue weighted by molar-refractivity contribution is 6.52. The van der Waals surface area contributed by atoms with E-state index in [9.17, 15) is 9.59 Å². The molecule has 20 heavy (non-hydrogen) atoms. The summed E-state index contributed by atoms with van der Waals surface area (Å²) in [5.74, 6) is -0.740. The van der Waals surface area contributed by atoms with Gasteiger partial charge in [-0.05, 0) is 50.9 Å². The normalized spacial score (nSPS) is 14.1. The number of carbonyl (C=O) groups excluding carboxylic acids is 2. The van der Waals surface area contributed by atoms with Crippen molar-refractivity contribution in [1.82, 2.24) is 5.32 Å². The fourth-order valence-electron chi connectivity index (χ4n) is 2.64. The first-order valence-corrected chi connectivity index (χ1v) is 7.25. The Labute approximate surface area is 120 Å². The maximum Gasteiger partial charge on any atom is 0.299 e. The molecule has 2 rings (SSSR count). The van der Waals surface area contributed by atoms with Crippen LogP contribution < -0.4 is 10.2 Å². The van der Waals surface area contributed by atoms with E-state index in [1.54, 1.807) is 4.90 Å². The molecule has 0 aliphatic carbocycles. The van der Waals surface area contributed by atoms with E-state index in [0.717, 1.165) is 42.7 Å². The van der Waals surface area contributed by atoms with Crippen LogP contribution in [0.25, 0.3) is 0 Å². The molecule has 0 fully saturated rings. The van der Waals surface area contributed by atoms with E-state index in [-0.39, 0.29) is 11.7 Å². The van der Waals surface area contributed by atoms with Gasteiger partial charge in [0.1, 0.15) is 0 Å². The van der Waals surface area contributed by atoms with Gasteiger partial charge >= 0.3 is 0 Å². The van der Waals surface area contributed by atoms with Gasteiger partial charge < -0.3 is 10.2 Å². The first-order valence-electron chi connectivity index (χ1n) is 7.25. The Hall–Kier alpha value is -1.68. The van der Waals surface area contributed by atoms with Gasteiger partial charge in [0.15, 0.2) is 0 Å². The van der Waals surface area contributed by atoms with Gasteiger partial charge in [0, 0.05) is 6.54 Å². The number of benzene rings is 1. The summed E-state index contributed by atoms with van der Waals surface area (Å²) >= 11 is 0. The molecule has 0 unspecified atom stereocenters. The Balaban J connectivity index is 2.14. The van der Waals surface area contributed by atoms with Gasteiger partial charge in [-0.25, -0.2) is 0 Å². The molecular weight excluding hydrogens is 252 g/mol. The molecule has 1 heterocycles. The van der Waals surface area contributed by atoms with Crippen LogP contribution in [0.3, 0.4) is 0 Å². The lowest BCUT2D eigenvalue weighted by molar-refractivity contribution is -0.114. The fourth-order valence-corrected chi connectivity index (χ4v) is 2.64. The molecule has 0 saturated heterocycles. The monoisotopic (exact) mass is 274 g/mol. The third-order valence-corrected chi connectivity index (χ3v) is 3.69. The molecule has 0 saturated carbocycles. The van der Waals surface area contributed by atoms with Crippen molar-refractivity contribution in [2.24, 2.45) is 0 Å². The van der Waals surface area contributed by atoms with Gasteiger partial charge in [0.05, 0.1) is 11.3 Å². The summed E-state index contributed by atoms with van der Waals surface area (Å²) in [5.41, 5.74) is 3.29. The molecule has 1 amide bonds. The van der Waals surface area contributed by atoms with Crippen molar-refractivity contribution in [2.75, 3.05) is 24.5 Å². The van der Waals surface area contributed by atoms with Crippen LogP contribution in [0.2, 0.25) is 0 Å². The van der Waals surface area contributed by atoms with Crippen LogP contribution in [-0.4, -0.2) is 31.3 Å². The number of rotatable bonds is 6. The molecule has 1 aromatic rings. The maximum absolute atomic E-state index is 12.1. The first-order chi connectivity index (χ1) is 9.57. The van der Waals surface area contributed by atoms with Crippen LogP contribution >= 0.6 is 0 Å². The van der Waals surface area contributed by atoms with Crippen LogP contribution in [-0.2, 0) is 4.79 Å². The highest BCUT2D eigenvalue weighted by Gasteiger charge is 2.37. The van der Waals surface area contributed by atoms with Crippen LogP contribution in [0.1, 0.15) is 41.3 Å². The number of nitrogens with one attached hydrogen (secondary N) is 1. The summed E-state index contributed by atoms with van der Waals surface area (Å²) < 4.78 is 0. The fraction of sp³-hybridized carbons (Fsp3) is 0.500. The number of anilines is 1. The van der Waals surface area contributed by atoms with Crippen molar-refractivity contribution < 1.29 is 9.59 Å². The Morgan fingerprint density at radius 3 is 2.50 bits per heavy atom. The summed E-state index contributed by atoms with van der Waals surface area (Å²) in [5, 5.41) is 3.31. The summed E-state index contributed by atoms with van der Waals surface area (Å²) in [7, 11) is 0. The molecule has 4 heteroatoms. The van der Waals surface area contributed by atoms with Gasteiger partial charge in [0.25, 0.3) is 11.7 Å². The Bertz CT molecular complexity index is 538. The summed E-state index contributed by atoms with van der Waals surface area (Å²) in [6.07, 6.45) is 1.95. The first kappa shape index (κ1) is 14.7. The van der Waals surface area contributed by atoms with Crippen molar-refractivity contribution in [2.45, 2.75) is 33.6 Å². The molecule has 0 atom stereocenters. The van der Waals surface area contributed by atoms with E-state index in [2.05, 4.69) is 12.2 Å². The topological polar surface area (TPSA) is 49.4 Å². The Morgan fingerprint density at radius 2 is 1.80 bits per heavy atom. The molecule has 0 radical (unpaired) electrons. The van der Waals surface area contributed by atoms with E-state index < -0.39 is 0 Å². The predicted octanol–water partition coefficient (Wildman–Crippen LogP) is 2.22. The van der Waals surface area contributed by atoms with E-state index in [0.29, 0.717) is 12.1 Å². The minimum Gasteiger partial charge on any atom is -0.317 e. The summed E-state index contributed by atoms with van der Waals surface area (Å²) in [6, 6.07) is 3.88. The zero-order chi connectivity index (χ0) is 14.7. The number of fused-ring (bicyclic) bond motifs is 1. The number of ketones is 1. The molecule has 4 nitrogen and oxygen atoms in total. The zero-order valence-corrected chi connectivity index (χ0v) is 12.5. The number of Topliss-reactive ketones (excluding diaryl/α,β-unsaturated/α-hetero) is 1. The number of nitrogens with zero attached hydrogens (tertiary/aromatic N) is 1. The number of amides is 1. The van der Waals surface area contributed by atoms with E-state index in [1.807, 2.05) is 26.0 Å². The van der Waals surface area contributed by atoms with Crippen LogP contribution in [0, 0.1) is 13.8 Å². The van der Waals surface area contributed by atoms with Crippen molar-refractivity contribution in [3.63, 3.8) is 0 Å². The molecule has 0 spiro atoms. The SMILES string of the molecule is CCCNCCCN1C(=O)C(=O)c2c(C)ccc(C)c21. The largest absolute Gasteiger partial charge is 0.317 e. The van der Waals surface area contributed by atoms with Gasteiger partial charge in [-0.2, -0.15) is 0 Å². The lowest BCUT2D eigenvalue weighted by Crippen LogP contribution is -2.32. The second-order valence-corrected chi connectivity index (χ2v) is 5.31. The van der Waals surface area contributed by atoms with Crippen LogP contribution in [0.15, 0.2) is 12.1 Å². The van der Waals surface area contributed by atoms with Crippen molar-refractivity contribution in [3.8, 4) is 0 Å². The molecule has 108 valence electrons. The van der Waals surface area contributed by atoms with Gasteiger partial charge in [-0.15, -0.1) is 0 Å². The summed E-state index contributed by atoms with van der Waals surface area (Å²) in [4.78, 5) is 25.9. The second kappa shape index (κ2) is 6.18. The Morgan fingerprint density at radius 1 is 1.10 bits per heavy atom. The van der Waals surface area contributed by atoms with Gasteiger partial charge in [-0.1, -0.05) is 19.1 Å². The summed E-state index contributed by atoms with van der Waals surface area (Å²) in [6.45, 7) is 8.41. The molecular formula is C16H22N2O2. The van der Waals surface area contributed by atoms with E-state index in [4.69, 9.17) is 0 Å². The number of hydrogen-bond acceptors (Lipinski definition) is 3. The molecule has 1 aromatic carbocycles. The quantitative estimate of drug-likeness (QED) is 0.639. The third kappa shape index (κ3) is 2.61. The minimum atomic E-state index is -0.382. The lowest BCUT2D eigenvalue weighted by atomic mass is 10.0. The molecule has 1 N–H and O–H groups in total. The molecule has 0 aromatic heterocycles. The zero-order valence-electron chi connectivity index (χ0n) is 12.5. The van der Waals surface area contributed by atoms with Crippen molar-refractivity contribution in [3.05, 3.63) is 28.8 Å². The number of carbonyl (C=O) groups is 2. The van der Waals surface area contributed by atoms with Crippen LogP contribution in [0.5, 0.6) is 0 Å². The predicted molar refractivity (Wildman–Crippen MR) is 80.4 cm³/mol. The van der Waals surface area contributed by atoms with Gasteiger partial charge in [0.2, 0.25) is 0 Å². The molecule has 1 aliphatic heterocycles. The van der Waals surface area contributed by atoms with Crippen LogP contribution in [0.4, 0.5) is 5.69 Å². The highest BCUT2D eigenvalue weighted by Crippen LogP contribution is 2.34. The third-order valence-electron chi connectivity index (χ3n) is 3.69.